The highest BCUT2D eigenvalue weighted by Gasteiger charge is 2.12. The molecule has 0 atom stereocenters. The molecule has 0 bridgehead atoms. The first-order chi connectivity index (χ1) is 15.1. The fraction of sp³-hybridized carbons (Fsp3) is 0.364. The Kier molecular flexibility index (Phi) is 7.01. The summed E-state index contributed by atoms with van der Waals surface area (Å²) in [6.45, 7) is 5.10. The standard InChI is InChI=1S/C22H24ClFN4O3/c1-29-20-13-19-15(11-21(20)31-8-2-5-28-6-9-30-10-7-28)14-25-22(27-19)26-16-3-4-18(24)17(23)12-16/h3-4,11-14H,2,5-10H2,1H3,(H,25,26,27). The third-order valence-corrected chi connectivity index (χ3v) is 5.31. The molecule has 2 aromatic carbocycles. The first-order valence-electron chi connectivity index (χ1n) is 10.1. The molecule has 0 saturated carbocycles. The monoisotopic (exact) mass is 446 g/mol. The van der Waals surface area contributed by atoms with Crippen molar-refractivity contribution in [3.8, 4) is 11.5 Å². The molecule has 4 rings (SSSR count). The summed E-state index contributed by atoms with van der Waals surface area (Å²) >= 11 is 5.83. The van der Waals surface area contributed by atoms with E-state index in [0.29, 0.717) is 35.3 Å². The van der Waals surface area contributed by atoms with Crippen LogP contribution in [-0.2, 0) is 4.74 Å². The zero-order chi connectivity index (χ0) is 21.6. The predicted octanol–water partition coefficient (Wildman–Crippen LogP) is 4.28. The molecule has 1 saturated heterocycles. The van der Waals surface area contributed by atoms with E-state index in [1.165, 1.54) is 12.1 Å². The third kappa shape index (κ3) is 5.52. The summed E-state index contributed by atoms with van der Waals surface area (Å²) in [5.74, 6) is 1.16. The molecule has 0 amide bonds. The Hall–Kier alpha value is -2.68. The van der Waals surface area contributed by atoms with E-state index >= 15 is 0 Å². The maximum atomic E-state index is 13.3. The number of benzene rings is 2. The van der Waals surface area contributed by atoms with Gasteiger partial charge in [-0.05, 0) is 30.7 Å². The van der Waals surface area contributed by atoms with E-state index in [1.807, 2.05) is 12.1 Å². The van der Waals surface area contributed by atoms with Gasteiger partial charge in [0.25, 0.3) is 0 Å². The van der Waals surface area contributed by atoms with E-state index in [-0.39, 0.29) is 5.02 Å². The van der Waals surface area contributed by atoms with Gasteiger partial charge in [-0.1, -0.05) is 11.6 Å². The third-order valence-electron chi connectivity index (χ3n) is 5.02. The van der Waals surface area contributed by atoms with Crippen molar-refractivity contribution in [1.29, 1.82) is 0 Å². The van der Waals surface area contributed by atoms with Gasteiger partial charge in [-0.15, -0.1) is 0 Å². The number of anilines is 2. The van der Waals surface area contributed by atoms with E-state index in [1.54, 1.807) is 19.4 Å². The molecule has 1 N–H and O–H groups in total. The zero-order valence-corrected chi connectivity index (χ0v) is 18.0. The Morgan fingerprint density at radius 2 is 2.03 bits per heavy atom. The van der Waals surface area contributed by atoms with Crippen LogP contribution in [-0.4, -0.2) is 61.4 Å². The minimum atomic E-state index is -0.478. The summed E-state index contributed by atoms with van der Waals surface area (Å²) in [7, 11) is 1.60. The molecule has 0 radical (unpaired) electrons. The van der Waals surface area contributed by atoms with Crippen molar-refractivity contribution in [2.45, 2.75) is 6.42 Å². The van der Waals surface area contributed by atoms with Crippen LogP contribution in [0.15, 0.2) is 36.5 Å². The van der Waals surface area contributed by atoms with Crippen molar-refractivity contribution in [3.63, 3.8) is 0 Å². The van der Waals surface area contributed by atoms with Gasteiger partial charge in [0.05, 0.1) is 37.5 Å². The second-order valence-corrected chi connectivity index (χ2v) is 7.57. The van der Waals surface area contributed by atoms with Gasteiger partial charge < -0.3 is 19.5 Å². The average molecular weight is 447 g/mol. The number of hydrogen-bond acceptors (Lipinski definition) is 7. The van der Waals surface area contributed by atoms with Crippen LogP contribution in [0.1, 0.15) is 6.42 Å². The van der Waals surface area contributed by atoms with E-state index < -0.39 is 5.82 Å². The largest absolute Gasteiger partial charge is 0.493 e. The van der Waals surface area contributed by atoms with Crippen molar-refractivity contribution in [2.75, 3.05) is 51.9 Å². The normalized spacial score (nSPS) is 14.5. The molecule has 164 valence electrons. The summed E-state index contributed by atoms with van der Waals surface area (Å²) in [5, 5.41) is 3.89. The van der Waals surface area contributed by atoms with Gasteiger partial charge in [0.2, 0.25) is 5.95 Å². The summed E-state index contributed by atoms with van der Waals surface area (Å²) in [6, 6.07) is 8.04. The maximum absolute atomic E-state index is 13.3. The van der Waals surface area contributed by atoms with Crippen molar-refractivity contribution in [2.24, 2.45) is 0 Å². The average Bonchev–Trinajstić information content (AvgIpc) is 2.79. The van der Waals surface area contributed by atoms with Crippen molar-refractivity contribution >= 4 is 34.1 Å². The number of methoxy groups -OCH3 is 1. The number of nitrogens with one attached hydrogen (secondary N) is 1. The van der Waals surface area contributed by atoms with Crippen molar-refractivity contribution < 1.29 is 18.6 Å². The summed E-state index contributed by atoms with van der Waals surface area (Å²) in [4.78, 5) is 11.2. The molecule has 1 aliphatic heterocycles. The molecule has 31 heavy (non-hydrogen) atoms. The maximum Gasteiger partial charge on any atom is 0.227 e. The Balaban J connectivity index is 1.43. The summed E-state index contributed by atoms with van der Waals surface area (Å²) < 4.78 is 30.2. The van der Waals surface area contributed by atoms with E-state index in [9.17, 15) is 4.39 Å². The molecule has 7 nitrogen and oxygen atoms in total. The smallest absolute Gasteiger partial charge is 0.227 e. The van der Waals surface area contributed by atoms with Gasteiger partial charge in [-0.3, -0.25) is 4.90 Å². The number of fused-ring (bicyclic) bond motifs is 1. The van der Waals surface area contributed by atoms with E-state index in [0.717, 1.165) is 44.7 Å². The van der Waals surface area contributed by atoms with Gasteiger partial charge in [-0.25, -0.2) is 14.4 Å². The van der Waals surface area contributed by atoms with Crippen LogP contribution in [0.3, 0.4) is 0 Å². The Labute approximate surface area is 185 Å². The quantitative estimate of drug-likeness (QED) is 0.518. The van der Waals surface area contributed by atoms with Crippen LogP contribution in [0, 0.1) is 5.82 Å². The minimum absolute atomic E-state index is 0.0304. The zero-order valence-electron chi connectivity index (χ0n) is 17.2. The van der Waals surface area contributed by atoms with Crippen LogP contribution < -0.4 is 14.8 Å². The SMILES string of the molecule is COc1cc2nc(Nc3ccc(F)c(Cl)c3)ncc2cc1OCCCN1CCOCC1. The topological polar surface area (TPSA) is 68.7 Å². The van der Waals surface area contributed by atoms with Crippen LogP contribution in [0.25, 0.3) is 10.9 Å². The van der Waals surface area contributed by atoms with Gasteiger partial charge in [0, 0.05) is 43.0 Å². The summed E-state index contributed by atoms with van der Waals surface area (Å²) in [6.07, 6.45) is 2.62. The molecule has 3 aromatic rings. The first-order valence-corrected chi connectivity index (χ1v) is 10.5. The highest BCUT2D eigenvalue weighted by atomic mass is 35.5. The number of rotatable bonds is 8. The Bertz CT molecular complexity index is 1050. The first kappa shape index (κ1) is 21.5. The molecule has 1 aromatic heterocycles. The highest BCUT2D eigenvalue weighted by molar-refractivity contribution is 6.31. The number of hydrogen-bond donors (Lipinski definition) is 1. The number of nitrogens with zero attached hydrogens (tertiary/aromatic N) is 3. The van der Waals surface area contributed by atoms with Crippen molar-refractivity contribution in [3.05, 3.63) is 47.4 Å². The highest BCUT2D eigenvalue weighted by Crippen LogP contribution is 2.32. The van der Waals surface area contributed by atoms with Crippen molar-refractivity contribution in [1.82, 2.24) is 14.9 Å². The molecule has 0 aliphatic carbocycles. The lowest BCUT2D eigenvalue weighted by molar-refractivity contribution is 0.0357. The van der Waals surface area contributed by atoms with Gasteiger partial charge in [0.15, 0.2) is 11.5 Å². The molecular formula is C22H24ClFN4O3. The van der Waals surface area contributed by atoms with Crippen LogP contribution in [0.2, 0.25) is 5.02 Å². The lowest BCUT2D eigenvalue weighted by Gasteiger charge is -2.26. The molecule has 0 spiro atoms. The van der Waals surface area contributed by atoms with Crippen LogP contribution in [0.4, 0.5) is 16.0 Å². The Morgan fingerprint density at radius 1 is 1.19 bits per heavy atom. The Morgan fingerprint density at radius 3 is 2.81 bits per heavy atom. The fourth-order valence-electron chi connectivity index (χ4n) is 3.37. The van der Waals surface area contributed by atoms with Crippen LogP contribution >= 0.6 is 11.6 Å². The number of halogens is 2. The lowest BCUT2D eigenvalue weighted by Crippen LogP contribution is -2.37. The molecule has 0 unspecified atom stereocenters. The lowest BCUT2D eigenvalue weighted by atomic mass is 10.2. The number of morpholine rings is 1. The number of aromatic nitrogens is 2. The molecule has 2 heterocycles. The van der Waals surface area contributed by atoms with Gasteiger partial charge >= 0.3 is 0 Å². The second-order valence-electron chi connectivity index (χ2n) is 7.17. The second kappa shape index (κ2) is 10.1. The molecule has 1 fully saturated rings. The molecule has 9 heteroatoms. The number of ether oxygens (including phenoxy) is 3. The fourth-order valence-corrected chi connectivity index (χ4v) is 3.55. The van der Waals surface area contributed by atoms with E-state index in [2.05, 4.69) is 20.2 Å². The summed E-state index contributed by atoms with van der Waals surface area (Å²) in [5.41, 5.74) is 1.29. The van der Waals surface area contributed by atoms with Gasteiger partial charge in [-0.2, -0.15) is 0 Å². The van der Waals surface area contributed by atoms with Gasteiger partial charge in [0.1, 0.15) is 5.82 Å². The van der Waals surface area contributed by atoms with E-state index in [4.69, 9.17) is 25.8 Å². The van der Waals surface area contributed by atoms with Crippen LogP contribution in [0.5, 0.6) is 11.5 Å². The minimum Gasteiger partial charge on any atom is -0.493 e. The molecule has 1 aliphatic rings. The molecular weight excluding hydrogens is 423 g/mol. The predicted molar refractivity (Wildman–Crippen MR) is 118 cm³/mol.